The van der Waals surface area contributed by atoms with Crippen LogP contribution < -0.4 is 0 Å². The Morgan fingerprint density at radius 1 is 1.11 bits per heavy atom. The minimum Gasteiger partial charge on any atom is -0.465 e. The number of hydrogen-bond donors (Lipinski definition) is 0. The van der Waals surface area contributed by atoms with Crippen LogP contribution in [0.25, 0.3) is 0 Å². The second-order valence-electron chi connectivity index (χ2n) is 3.80. The molecule has 0 aliphatic rings. The average molecular weight is 266 g/mol. The number of esters is 2. The maximum atomic E-state index is 11.7. The zero-order chi connectivity index (χ0) is 14.7. The van der Waals surface area contributed by atoms with Gasteiger partial charge < -0.3 is 9.47 Å². The number of carbonyl (C=O) groups is 2. The van der Waals surface area contributed by atoms with Gasteiger partial charge in [-0.15, -0.1) is 0 Å². The summed E-state index contributed by atoms with van der Waals surface area (Å²) in [6.07, 6.45) is 7.47. The lowest BCUT2D eigenvalue weighted by Crippen LogP contribution is -2.28. The molecule has 19 heavy (non-hydrogen) atoms. The molecule has 0 atom stereocenters. The Morgan fingerprint density at radius 2 is 1.63 bits per heavy atom. The van der Waals surface area contributed by atoms with Crippen molar-refractivity contribution in [3.05, 3.63) is 36.5 Å². The van der Waals surface area contributed by atoms with E-state index in [0.717, 1.165) is 0 Å². The second kappa shape index (κ2) is 10.1. The van der Waals surface area contributed by atoms with Crippen LogP contribution in [0, 0.1) is 5.92 Å². The first-order valence-corrected chi connectivity index (χ1v) is 6.37. The molecule has 4 nitrogen and oxygen atoms in total. The van der Waals surface area contributed by atoms with Gasteiger partial charge in [-0.1, -0.05) is 36.5 Å². The minimum atomic E-state index is -0.942. The number of rotatable bonds is 8. The topological polar surface area (TPSA) is 52.6 Å². The van der Waals surface area contributed by atoms with Crippen molar-refractivity contribution in [2.75, 3.05) is 13.2 Å². The van der Waals surface area contributed by atoms with Crippen LogP contribution in [0.15, 0.2) is 36.5 Å². The minimum absolute atomic E-state index is 0.200. The number of carbonyl (C=O) groups excluding carboxylic acids is 2. The third-order valence-corrected chi connectivity index (χ3v) is 2.24. The maximum absolute atomic E-state index is 11.7. The van der Waals surface area contributed by atoms with Gasteiger partial charge in [-0.05, 0) is 27.2 Å². The van der Waals surface area contributed by atoms with Crippen molar-refractivity contribution in [2.24, 2.45) is 5.92 Å². The van der Waals surface area contributed by atoms with Crippen molar-refractivity contribution >= 4 is 11.9 Å². The van der Waals surface area contributed by atoms with E-state index in [0.29, 0.717) is 5.57 Å². The van der Waals surface area contributed by atoms with Gasteiger partial charge in [-0.2, -0.15) is 0 Å². The molecule has 0 saturated heterocycles. The molecule has 4 heteroatoms. The van der Waals surface area contributed by atoms with Gasteiger partial charge in [0, 0.05) is 0 Å². The van der Waals surface area contributed by atoms with E-state index in [4.69, 9.17) is 9.47 Å². The number of hydrogen-bond acceptors (Lipinski definition) is 4. The van der Waals surface area contributed by atoms with E-state index in [9.17, 15) is 9.59 Å². The smallest absolute Gasteiger partial charge is 0.320 e. The highest BCUT2D eigenvalue weighted by molar-refractivity contribution is 5.95. The molecule has 0 aliphatic carbocycles. The molecule has 0 fully saturated rings. The maximum Gasteiger partial charge on any atom is 0.320 e. The first-order chi connectivity index (χ1) is 9.06. The molecule has 0 rings (SSSR count). The average Bonchev–Trinajstić information content (AvgIpc) is 2.36. The number of allylic oxidation sites excluding steroid dienone is 5. The van der Waals surface area contributed by atoms with Gasteiger partial charge in [0.05, 0.1) is 13.2 Å². The Morgan fingerprint density at radius 3 is 2.05 bits per heavy atom. The van der Waals surface area contributed by atoms with Gasteiger partial charge in [0.2, 0.25) is 0 Å². The third-order valence-electron chi connectivity index (χ3n) is 2.24. The summed E-state index contributed by atoms with van der Waals surface area (Å²) in [5, 5.41) is 0. The zero-order valence-corrected chi connectivity index (χ0v) is 11.8. The van der Waals surface area contributed by atoms with Crippen molar-refractivity contribution in [3.63, 3.8) is 0 Å². The van der Waals surface area contributed by atoms with Crippen molar-refractivity contribution in [1.29, 1.82) is 0 Å². The molecular formula is C15H22O4. The summed E-state index contributed by atoms with van der Waals surface area (Å²) in [6, 6.07) is 0. The van der Waals surface area contributed by atoms with E-state index in [1.54, 1.807) is 26.0 Å². The van der Waals surface area contributed by atoms with E-state index in [-0.39, 0.29) is 19.6 Å². The van der Waals surface area contributed by atoms with Gasteiger partial charge in [-0.3, -0.25) is 9.59 Å². The standard InChI is InChI=1S/C15H22O4/c1-5-8-9-10-12(4)11-13(14(16)18-6-2)15(17)19-7-3/h5,8-10,13H,4,6-7,11H2,1-3H3/b8-5-,10-9-. The summed E-state index contributed by atoms with van der Waals surface area (Å²) in [5.74, 6) is -2.08. The fourth-order valence-electron chi connectivity index (χ4n) is 1.38. The normalized spacial score (nSPS) is 11.2. The first-order valence-electron chi connectivity index (χ1n) is 6.37. The molecule has 0 unspecified atom stereocenters. The van der Waals surface area contributed by atoms with Crippen molar-refractivity contribution < 1.29 is 19.1 Å². The van der Waals surface area contributed by atoms with Crippen LogP contribution in [0.1, 0.15) is 27.2 Å². The molecule has 0 bridgehead atoms. The molecule has 0 saturated carbocycles. The molecule has 0 heterocycles. The second-order valence-corrected chi connectivity index (χ2v) is 3.80. The Hall–Kier alpha value is -1.84. The quantitative estimate of drug-likeness (QED) is 0.385. The molecule has 0 N–H and O–H groups in total. The summed E-state index contributed by atoms with van der Waals surface area (Å²) in [7, 11) is 0. The summed E-state index contributed by atoms with van der Waals surface area (Å²) >= 11 is 0. The van der Waals surface area contributed by atoms with E-state index >= 15 is 0 Å². The summed E-state index contributed by atoms with van der Waals surface area (Å²) in [5.41, 5.74) is 0.671. The van der Waals surface area contributed by atoms with Gasteiger partial charge in [0.1, 0.15) is 0 Å². The van der Waals surface area contributed by atoms with Gasteiger partial charge in [0.25, 0.3) is 0 Å². The molecule has 0 aromatic heterocycles. The van der Waals surface area contributed by atoms with Crippen LogP contribution in [-0.4, -0.2) is 25.2 Å². The fourth-order valence-corrected chi connectivity index (χ4v) is 1.38. The lowest BCUT2D eigenvalue weighted by Gasteiger charge is -2.14. The van der Waals surface area contributed by atoms with E-state index < -0.39 is 17.9 Å². The molecule has 106 valence electrons. The predicted octanol–water partition coefficient (Wildman–Crippen LogP) is 2.81. The van der Waals surface area contributed by atoms with Crippen LogP contribution in [0.3, 0.4) is 0 Å². The Labute approximate surface area is 114 Å². The van der Waals surface area contributed by atoms with Crippen LogP contribution in [0.5, 0.6) is 0 Å². The molecule has 0 aromatic carbocycles. The largest absolute Gasteiger partial charge is 0.465 e. The first kappa shape index (κ1) is 17.2. The van der Waals surface area contributed by atoms with Gasteiger partial charge >= 0.3 is 11.9 Å². The highest BCUT2D eigenvalue weighted by Crippen LogP contribution is 2.15. The molecule has 0 radical (unpaired) electrons. The lowest BCUT2D eigenvalue weighted by atomic mass is 10.00. The van der Waals surface area contributed by atoms with Crippen LogP contribution in [-0.2, 0) is 19.1 Å². The van der Waals surface area contributed by atoms with Crippen LogP contribution >= 0.6 is 0 Å². The monoisotopic (exact) mass is 266 g/mol. The Kier molecular flexibility index (Phi) is 9.14. The Bertz CT molecular complexity index is 348. The van der Waals surface area contributed by atoms with Crippen molar-refractivity contribution in [2.45, 2.75) is 27.2 Å². The highest BCUT2D eigenvalue weighted by Gasteiger charge is 2.29. The van der Waals surface area contributed by atoms with Crippen molar-refractivity contribution in [1.82, 2.24) is 0 Å². The molecule has 0 aromatic rings. The summed E-state index contributed by atoms with van der Waals surface area (Å²) < 4.78 is 9.76. The van der Waals surface area contributed by atoms with E-state index in [1.165, 1.54) is 0 Å². The van der Waals surface area contributed by atoms with Gasteiger partial charge in [0.15, 0.2) is 5.92 Å². The molecule has 0 amide bonds. The number of ether oxygens (including phenoxy) is 2. The van der Waals surface area contributed by atoms with Crippen LogP contribution in [0.2, 0.25) is 0 Å². The fraction of sp³-hybridized carbons (Fsp3) is 0.467. The van der Waals surface area contributed by atoms with E-state index in [2.05, 4.69) is 6.58 Å². The van der Waals surface area contributed by atoms with E-state index in [1.807, 2.05) is 19.1 Å². The highest BCUT2D eigenvalue weighted by atomic mass is 16.6. The van der Waals surface area contributed by atoms with Crippen LogP contribution in [0.4, 0.5) is 0 Å². The summed E-state index contributed by atoms with van der Waals surface area (Å²) in [4.78, 5) is 23.4. The van der Waals surface area contributed by atoms with Crippen molar-refractivity contribution in [3.8, 4) is 0 Å². The third kappa shape index (κ3) is 7.24. The predicted molar refractivity (Wildman–Crippen MR) is 74.5 cm³/mol. The summed E-state index contributed by atoms with van der Waals surface area (Å²) in [6.45, 7) is 9.57. The molecule has 0 aliphatic heterocycles. The van der Waals surface area contributed by atoms with Gasteiger partial charge in [-0.25, -0.2) is 0 Å². The molecular weight excluding hydrogens is 244 g/mol. The SMILES string of the molecule is C=C(/C=C\C=C/C)CC(C(=O)OCC)C(=O)OCC. The lowest BCUT2D eigenvalue weighted by molar-refractivity contribution is -0.161. The Balaban J connectivity index is 4.70. The zero-order valence-electron chi connectivity index (χ0n) is 11.8. The molecule has 0 spiro atoms.